The molecule has 0 radical (unpaired) electrons. The summed E-state index contributed by atoms with van der Waals surface area (Å²) in [7, 11) is 0. The molecule has 1 fully saturated rings. The van der Waals surface area contributed by atoms with Crippen LogP contribution in [0.15, 0.2) is 48.9 Å². The molecule has 0 bridgehead atoms. The van der Waals surface area contributed by atoms with Crippen molar-refractivity contribution in [3.63, 3.8) is 0 Å². The second-order valence-corrected chi connectivity index (χ2v) is 7.08. The number of nitrogens with two attached hydrogens (primary N) is 1. The Morgan fingerprint density at radius 2 is 2.00 bits per heavy atom. The Hall–Kier alpha value is -3.55. The quantitative estimate of drug-likeness (QED) is 0.688. The molecule has 1 aromatic heterocycles. The van der Waals surface area contributed by atoms with E-state index in [1.807, 2.05) is 6.07 Å². The Kier molecular flexibility index (Phi) is 5.07. The van der Waals surface area contributed by atoms with Gasteiger partial charge in [0, 0.05) is 36.4 Å². The van der Waals surface area contributed by atoms with Crippen molar-refractivity contribution in [1.29, 1.82) is 0 Å². The van der Waals surface area contributed by atoms with Crippen LogP contribution in [-0.2, 0) is 11.2 Å². The summed E-state index contributed by atoms with van der Waals surface area (Å²) in [6, 6.07) is 9.44. The van der Waals surface area contributed by atoms with E-state index in [1.165, 1.54) is 18.5 Å². The van der Waals surface area contributed by atoms with Crippen molar-refractivity contribution < 1.29 is 14.0 Å². The highest BCUT2D eigenvalue weighted by molar-refractivity contribution is 6.08. The molecule has 2 amide bonds. The smallest absolute Gasteiger partial charge is 0.250 e. The first-order valence-electron chi connectivity index (χ1n) is 9.32. The molecule has 148 valence electrons. The zero-order valence-corrected chi connectivity index (χ0v) is 15.6. The van der Waals surface area contributed by atoms with Gasteiger partial charge in [0.15, 0.2) is 0 Å². The minimum Gasteiger partial charge on any atom is -0.369 e. The fraction of sp³-hybridized carbons (Fsp3) is 0.238. The zero-order chi connectivity index (χ0) is 20.4. The highest BCUT2D eigenvalue weighted by Gasteiger charge is 2.26. The fourth-order valence-corrected chi connectivity index (χ4v) is 3.70. The standard InChI is InChI=1S/C21H20FN5O2/c22-14-3-1-13(2-4-14)9-19(28)26-15-7-8-27(11-15)18-6-5-16(21(23)29)20-17(18)10-24-12-25-20/h1-6,10,12,15H,7-9,11H2,(H2,23,29)(H,26,28). The van der Waals surface area contributed by atoms with Crippen LogP contribution < -0.4 is 16.0 Å². The number of amides is 2. The molecule has 1 saturated heterocycles. The van der Waals surface area contributed by atoms with Gasteiger partial charge in [0.1, 0.15) is 12.1 Å². The average molecular weight is 393 g/mol. The molecular weight excluding hydrogens is 373 g/mol. The van der Waals surface area contributed by atoms with E-state index in [2.05, 4.69) is 20.2 Å². The lowest BCUT2D eigenvalue weighted by Gasteiger charge is -2.21. The Balaban J connectivity index is 1.46. The molecule has 1 aliphatic heterocycles. The minimum absolute atomic E-state index is 0.00144. The Morgan fingerprint density at radius 3 is 2.76 bits per heavy atom. The maximum Gasteiger partial charge on any atom is 0.250 e. The molecule has 3 N–H and O–H groups in total. The van der Waals surface area contributed by atoms with Gasteiger partial charge in [-0.2, -0.15) is 0 Å². The monoisotopic (exact) mass is 393 g/mol. The van der Waals surface area contributed by atoms with E-state index in [-0.39, 0.29) is 24.2 Å². The van der Waals surface area contributed by atoms with Crippen LogP contribution in [0.5, 0.6) is 0 Å². The average Bonchev–Trinajstić information content (AvgIpc) is 3.16. The molecule has 29 heavy (non-hydrogen) atoms. The highest BCUT2D eigenvalue weighted by Crippen LogP contribution is 2.30. The predicted octanol–water partition coefficient (Wildman–Crippen LogP) is 1.81. The summed E-state index contributed by atoms with van der Waals surface area (Å²) in [5.41, 5.74) is 8.00. The van der Waals surface area contributed by atoms with E-state index in [9.17, 15) is 14.0 Å². The molecule has 2 heterocycles. The SMILES string of the molecule is NC(=O)c1ccc(N2CCC(NC(=O)Cc3ccc(F)cc3)C2)c2cncnc12. The predicted molar refractivity (Wildman–Crippen MR) is 107 cm³/mol. The molecule has 0 spiro atoms. The van der Waals surface area contributed by atoms with Crippen molar-refractivity contribution in [2.24, 2.45) is 5.73 Å². The molecule has 4 rings (SSSR count). The van der Waals surface area contributed by atoms with Crippen molar-refractivity contribution in [3.8, 4) is 0 Å². The van der Waals surface area contributed by atoms with Crippen LogP contribution in [0.3, 0.4) is 0 Å². The number of fused-ring (bicyclic) bond motifs is 1. The van der Waals surface area contributed by atoms with Crippen LogP contribution in [0.4, 0.5) is 10.1 Å². The number of carbonyl (C=O) groups is 2. The van der Waals surface area contributed by atoms with Crippen LogP contribution >= 0.6 is 0 Å². The van der Waals surface area contributed by atoms with Crippen molar-refractivity contribution >= 4 is 28.4 Å². The number of aromatic nitrogens is 2. The lowest BCUT2D eigenvalue weighted by atomic mass is 10.1. The van der Waals surface area contributed by atoms with E-state index in [4.69, 9.17) is 5.73 Å². The van der Waals surface area contributed by atoms with Crippen LogP contribution in [0.2, 0.25) is 0 Å². The third kappa shape index (κ3) is 4.01. The molecule has 1 unspecified atom stereocenters. The van der Waals surface area contributed by atoms with E-state index in [1.54, 1.807) is 24.4 Å². The van der Waals surface area contributed by atoms with E-state index >= 15 is 0 Å². The normalized spacial score (nSPS) is 16.2. The summed E-state index contributed by atoms with van der Waals surface area (Å²) in [6.07, 6.45) is 4.06. The van der Waals surface area contributed by atoms with Gasteiger partial charge >= 0.3 is 0 Å². The van der Waals surface area contributed by atoms with Crippen LogP contribution in [-0.4, -0.2) is 40.9 Å². The van der Waals surface area contributed by atoms with Crippen molar-refractivity contribution in [1.82, 2.24) is 15.3 Å². The second kappa shape index (κ2) is 7.83. The largest absolute Gasteiger partial charge is 0.369 e. The third-order valence-corrected chi connectivity index (χ3v) is 5.09. The van der Waals surface area contributed by atoms with E-state index in [0.29, 0.717) is 17.6 Å². The van der Waals surface area contributed by atoms with Gasteiger partial charge in [0.05, 0.1) is 17.5 Å². The summed E-state index contributed by atoms with van der Waals surface area (Å²) in [5.74, 6) is -0.951. The summed E-state index contributed by atoms with van der Waals surface area (Å²) in [4.78, 5) is 34.4. The van der Waals surface area contributed by atoms with Crippen LogP contribution in [0, 0.1) is 5.82 Å². The van der Waals surface area contributed by atoms with Crippen molar-refractivity contribution in [2.45, 2.75) is 18.9 Å². The lowest BCUT2D eigenvalue weighted by molar-refractivity contribution is -0.121. The Bertz CT molecular complexity index is 1070. The van der Waals surface area contributed by atoms with Gasteiger partial charge in [0.25, 0.3) is 5.91 Å². The molecule has 1 atom stereocenters. The second-order valence-electron chi connectivity index (χ2n) is 7.08. The first-order chi connectivity index (χ1) is 14.0. The first-order valence-corrected chi connectivity index (χ1v) is 9.32. The molecule has 7 nitrogen and oxygen atoms in total. The maximum absolute atomic E-state index is 13.0. The number of nitrogens with one attached hydrogen (secondary N) is 1. The Morgan fingerprint density at radius 1 is 1.21 bits per heavy atom. The number of carbonyl (C=O) groups excluding carboxylic acids is 2. The van der Waals surface area contributed by atoms with Gasteiger partial charge < -0.3 is 16.0 Å². The number of hydrogen-bond donors (Lipinski definition) is 2. The van der Waals surface area contributed by atoms with Gasteiger partial charge in [-0.1, -0.05) is 12.1 Å². The van der Waals surface area contributed by atoms with Crippen LogP contribution in [0.1, 0.15) is 22.3 Å². The molecular formula is C21H20FN5O2. The van der Waals surface area contributed by atoms with Gasteiger partial charge in [-0.3, -0.25) is 9.59 Å². The Labute approximate surface area is 166 Å². The van der Waals surface area contributed by atoms with Crippen LogP contribution in [0.25, 0.3) is 10.9 Å². The van der Waals surface area contributed by atoms with Gasteiger partial charge in [0.2, 0.25) is 5.91 Å². The number of halogens is 1. The first kappa shape index (κ1) is 18.8. The summed E-state index contributed by atoms with van der Waals surface area (Å²) in [5, 5.41) is 3.79. The van der Waals surface area contributed by atoms with E-state index < -0.39 is 5.91 Å². The molecule has 8 heteroatoms. The molecule has 0 saturated carbocycles. The number of hydrogen-bond acceptors (Lipinski definition) is 5. The van der Waals surface area contributed by atoms with Gasteiger partial charge in [-0.25, -0.2) is 14.4 Å². The van der Waals surface area contributed by atoms with E-state index in [0.717, 1.165) is 29.6 Å². The maximum atomic E-state index is 13.0. The molecule has 3 aromatic rings. The number of anilines is 1. The zero-order valence-electron chi connectivity index (χ0n) is 15.6. The lowest BCUT2D eigenvalue weighted by Crippen LogP contribution is -2.38. The number of nitrogens with zero attached hydrogens (tertiary/aromatic N) is 3. The molecule has 2 aromatic carbocycles. The van der Waals surface area contributed by atoms with Gasteiger partial charge in [-0.05, 0) is 36.2 Å². The highest BCUT2D eigenvalue weighted by atomic mass is 19.1. The number of benzene rings is 2. The number of primary amides is 1. The fourth-order valence-electron chi connectivity index (χ4n) is 3.70. The summed E-state index contributed by atoms with van der Waals surface area (Å²) < 4.78 is 13.0. The van der Waals surface area contributed by atoms with Crippen molar-refractivity contribution in [2.75, 3.05) is 18.0 Å². The minimum atomic E-state index is -0.535. The third-order valence-electron chi connectivity index (χ3n) is 5.09. The van der Waals surface area contributed by atoms with Gasteiger partial charge in [-0.15, -0.1) is 0 Å². The summed E-state index contributed by atoms with van der Waals surface area (Å²) in [6.45, 7) is 1.39. The molecule has 0 aliphatic carbocycles. The molecule has 1 aliphatic rings. The summed E-state index contributed by atoms with van der Waals surface area (Å²) >= 11 is 0. The van der Waals surface area contributed by atoms with Crippen molar-refractivity contribution in [3.05, 3.63) is 65.9 Å². The number of rotatable bonds is 5. The topological polar surface area (TPSA) is 101 Å².